The number of carbonyl (C=O) groups is 1. The quantitative estimate of drug-likeness (QED) is 0.828. The number of nitrogens with one attached hydrogen (secondary N) is 1. The molecule has 0 aliphatic rings. The van der Waals surface area contributed by atoms with Crippen LogP contribution in [0.3, 0.4) is 0 Å². The van der Waals surface area contributed by atoms with Crippen molar-refractivity contribution in [3.05, 3.63) is 46.7 Å². The molecule has 1 N–H and O–H groups in total. The zero-order valence-electron chi connectivity index (χ0n) is 12.8. The molecule has 0 aliphatic carbocycles. The van der Waals surface area contributed by atoms with Crippen LogP contribution in [-0.4, -0.2) is 29.0 Å². The van der Waals surface area contributed by atoms with Crippen molar-refractivity contribution in [3.8, 4) is 5.69 Å². The molecule has 0 saturated heterocycles. The van der Waals surface area contributed by atoms with Gasteiger partial charge in [0, 0.05) is 17.8 Å². The summed E-state index contributed by atoms with van der Waals surface area (Å²) in [5.74, 6) is 0. The minimum absolute atomic E-state index is 0.365. The van der Waals surface area contributed by atoms with Crippen molar-refractivity contribution in [2.24, 2.45) is 0 Å². The van der Waals surface area contributed by atoms with Crippen LogP contribution in [0, 0.1) is 6.92 Å². The molecule has 22 heavy (non-hydrogen) atoms. The van der Waals surface area contributed by atoms with Crippen molar-refractivity contribution >= 4 is 17.7 Å². The Hall–Kier alpha value is -2.01. The third-order valence-electron chi connectivity index (χ3n) is 3.26. The molecule has 118 valence electrons. The Kier molecular flexibility index (Phi) is 5.83. The average molecular weight is 322 g/mol. The minimum Gasteiger partial charge on any atom is -0.450 e. The van der Waals surface area contributed by atoms with E-state index < -0.39 is 0 Å². The third-order valence-corrected chi connectivity index (χ3v) is 3.51. The summed E-state index contributed by atoms with van der Waals surface area (Å²) in [7, 11) is 0. The van der Waals surface area contributed by atoms with E-state index in [1.807, 2.05) is 42.1 Å². The fourth-order valence-electron chi connectivity index (χ4n) is 2.12. The first-order valence-electron chi connectivity index (χ1n) is 7.32. The van der Waals surface area contributed by atoms with Crippen molar-refractivity contribution in [2.45, 2.75) is 26.7 Å². The number of aryl methyl sites for hydroxylation is 2. The standard InChI is InChI=1S/C16H20ClN3O2/c1-3-22-16(21)18-10-4-5-13-11-20(19-12(13)2)15-8-6-14(17)7-9-15/h6-9,11H,3-5,10H2,1-2H3,(H,18,21). The molecule has 0 unspecified atom stereocenters. The van der Waals surface area contributed by atoms with E-state index >= 15 is 0 Å². The number of alkyl carbamates (subject to hydrolysis) is 1. The molecule has 0 spiro atoms. The number of hydrogen-bond donors (Lipinski definition) is 1. The highest BCUT2D eigenvalue weighted by molar-refractivity contribution is 6.30. The van der Waals surface area contributed by atoms with Crippen LogP contribution in [0.4, 0.5) is 4.79 Å². The maximum atomic E-state index is 11.2. The van der Waals surface area contributed by atoms with Gasteiger partial charge in [0.2, 0.25) is 0 Å². The molecule has 0 bridgehead atoms. The van der Waals surface area contributed by atoms with Crippen LogP contribution < -0.4 is 5.32 Å². The van der Waals surface area contributed by atoms with E-state index in [9.17, 15) is 4.79 Å². The van der Waals surface area contributed by atoms with Gasteiger partial charge in [-0.2, -0.15) is 5.10 Å². The molecule has 0 fully saturated rings. The summed E-state index contributed by atoms with van der Waals surface area (Å²) >= 11 is 5.89. The smallest absolute Gasteiger partial charge is 0.407 e. The van der Waals surface area contributed by atoms with E-state index in [4.69, 9.17) is 16.3 Å². The average Bonchev–Trinajstić information content (AvgIpc) is 2.86. The minimum atomic E-state index is -0.365. The van der Waals surface area contributed by atoms with Gasteiger partial charge in [-0.1, -0.05) is 11.6 Å². The van der Waals surface area contributed by atoms with Crippen molar-refractivity contribution in [3.63, 3.8) is 0 Å². The van der Waals surface area contributed by atoms with Gasteiger partial charge in [0.05, 0.1) is 18.0 Å². The van der Waals surface area contributed by atoms with E-state index in [2.05, 4.69) is 10.4 Å². The highest BCUT2D eigenvalue weighted by Crippen LogP contribution is 2.16. The summed E-state index contributed by atoms with van der Waals surface area (Å²) in [6, 6.07) is 7.55. The van der Waals surface area contributed by atoms with Crippen molar-refractivity contribution in [1.82, 2.24) is 15.1 Å². The maximum Gasteiger partial charge on any atom is 0.407 e. The van der Waals surface area contributed by atoms with E-state index in [0.29, 0.717) is 18.2 Å². The fourth-order valence-corrected chi connectivity index (χ4v) is 2.24. The molecule has 1 aromatic heterocycles. The monoisotopic (exact) mass is 321 g/mol. The summed E-state index contributed by atoms with van der Waals surface area (Å²) < 4.78 is 6.66. The number of rotatable bonds is 6. The molecule has 5 nitrogen and oxygen atoms in total. The van der Waals surface area contributed by atoms with Gasteiger partial charge in [-0.05, 0) is 56.5 Å². The van der Waals surface area contributed by atoms with Gasteiger partial charge in [0.25, 0.3) is 0 Å². The summed E-state index contributed by atoms with van der Waals surface area (Å²) in [5.41, 5.74) is 3.13. The number of carbonyl (C=O) groups excluding carboxylic acids is 1. The molecule has 6 heteroatoms. The highest BCUT2D eigenvalue weighted by Gasteiger charge is 2.07. The lowest BCUT2D eigenvalue weighted by Gasteiger charge is -2.04. The number of amides is 1. The summed E-state index contributed by atoms with van der Waals surface area (Å²) in [5, 5.41) is 7.94. The maximum absolute atomic E-state index is 11.2. The predicted octanol–water partition coefficient (Wildman–Crippen LogP) is 3.51. The summed E-state index contributed by atoms with van der Waals surface area (Å²) in [6.07, 6.45) is 3.34. The van der Waals surface area contributed by atoms with Gasteiger partial charge in [-0.15, -0.1) is 0 Å². The lowest BCUT2D eigenvalue weighted by atomic mass is 10.1. The Morgan fingerprint density at radius 2 is 2.09 bits per heavy atom. The molecule has 1 amide bonds. The first-order valence-corrected chi connectivity index (χ1v) is 7.69. The molecule has 0 radical (unpaired) electrons. The topological polar surface area (TPSA) is 56.1 Å². The van der Waals surface area contributed by atoms with E-state index in [-0.39, 0.29) is 6.09 Å². The Morgan fingerprint density at radius 3 is 2.77 bits per heavy atom. The Labute approximate surface area is 135 Å². The molecule has 2 aromatic rings. The first kappa shape index (κ1) is 16.4. The summed E-state index contributed by atoms with van der Waals surface area (Å²) in [6.45, 7) is 4.75. The van der Waals surface area contributed by atoms with Gasteiger partial charge in [0.1, 0.15) is 0 Å². The lowest BCUT2D eigenvalue weighted by molar-refractivity contribution is 0.152. The molecule has 1 aromatic carbocycles. The van der Waals surface area contributed by atoms with Gasteiger partial charge in [-0.25, -0.2) is 9.48 Å². The van der Waals surface area contributed by atoms with Crippen molar-refractivity contribution < 1.29 is 9.53 Å². The van der Waals surface area contributed by atoms with Crippen LogP contribution in [-0.2, 0) is 11.2 Å². The van der Waals surface area contributed by atoms with E-state index in [1.54, 1.807) is 6.92 Å². The predicted molar refractivity (Wildman–Crippen MR) is 86.7 cm³/mol. The number of hydrogen-bond acceptors (Lipinski definition) is 3. The SMILES string of the molecule is CCOC(=O)NCCCc1cn(-c2ccc(Cl)cc2)nc1C. The molecule has 0 saturated carbocycles. The van der Waals surface area contributed by atoms with Crippen molar-refractivity contribution in [1.29, 1.82) is 0 Å². The molecule has 2 rings (SSSR count). The van der Waals surface area contributed by atoms with Gasteiger partial charge in [0.15, 0.2) is 0 Å². The Balaban J connectivity index is 1.90. The van der Waals surface area contributed by atoms with Crippen molar-refractivity contribution in [2.75, 3.05) is 13.2 Å². The van der Waals surface area contributed by atoms with Crippen LogP contribution in [0.5, 0.6) is 0 Å². The number of aromatic nitrogens is 2. The third kappa shape index (κ3) is 4.49. The van der Waals surface area contributed by atoms with Crippen LogP contribution in [0.2, 0.25) is 5.02 Å². The number of ether oxygens (including phenoxy) is 1. The van der Waals surface area contributed by atoms with Crippen LogP contribution in [0.1, 0.15) is 24.6 Å². The lowest BCUT2D eigenvalue weighted by Crippen LogP contribution is -2.25. The molecule has 0 atom stereocenters. The second-order valence-electron chi connectivity index (χ2n) is 4.91. The number of halogens is 1. The zero-order valence-corrected chi connectivity index (χ0v) is 13.6. The second kappa shape index (κ2) is 7.84. The van der Waals surface area contributed by atoms with E-state index in [0.717, 1.165) is 24.2 Å². The van der Waals surface area contributed by atoms with Crippen LogP contribution in [0.15, 0.2) is 30.5 Å². The normalized spacial score (nSPS) is 10.5. The largest absolute Gasteiger partial charge is 0.450 e. The molecular weight excluding hydrogens is 302 g/mol. The highest BCUT2D eigenvalue weighted by atomic mass is 35.5. The van der Waals surface area contributed by atoms with Gasteiger partial charge >= 0.3 is 6.09 Å². The fraction of sp³-hybridized carbons (Fsp3) is 0.375. The van der Waals surface area contributed by atoms with Crippen LogP contribution in [0.25, 0.3) is 5.69 Å². The molecule has 0 aliphatic heterocycles. The molecular formula is C16H20ClN3O2. The Morgan fingerprint density at radius 1 is 1.36 bits per heavy atom. The second-order valence-corrected chi connectivity index (χ2v) is 5.35. The van der Waals surface area contributed by atoms with Gasteiger partial charge in [-0.3, -0.25) is 0 Å². The Bertz CT molecular complexity index is 623. The number of benzene rings is 1. The summed E-state index contributed by atoms with van der Waals surface area (Å²) in [4.78, 5) is 11.2. The molecule has 1 heterocycles. The van der Waals surface area contributed by atoms with Gasteiger partial charge < -0.3 is 10.1 Å². The van der Waals surface area contributed by atoms with Crippen LogP contribution >= 0.6 is 11.6 Å². The van der Waals surface area contributed by atoms with E-state index in [1.165, 1.54) is 5.56 Å². The number of nitrogens with zero attached hydrogens (tertiary/aromatic N) is 2. The first-order chi connectivity index (χ1) is 10.6. The zero-order chi connectivity index (χ0) is 15.9.